The Morgan fingerprint density at radius 2 is 1.93 bits per heavy atom. The van der Waals surface area contributed by atoms with E-state index < -0.39 is 5.60 Å². The van der Waals surface area contributed by atoms with Gasteiger partial charge in [-0.25, -0.2) is 0 Å². The Morgan fingerprint density at radius 1 is 1.27 bits per heavy atom. The van der Waals surface area contributed by atoms with Gasteiger partial charge in [-0.05, 0) is 32.5 Å². The predicted molar refractivity (Wildman–Crippen MR) is 61.0 cm³/mol. The van der Waals surface area contributed by atoms with Gasteiger partial charge in [0.1, 0.15) is 0 Å². The normalized spacial score (nSPS) is 26.6. The van der Waals surface area contributed by atoms with Crippen LogP contribution in [0.15, 0.2) is 0 Å². The van der Waals surface area contributed by atoms with Crippen LogP contribution >= 0.6 is 0 Å². The molecule has 0 aromatic heterocycles. The van der Waals surface area contributed by atoms with Gasteiger partial charge in [-0.1, -0.05) is 6.92 Å². The van der Waals surface area contributed by atoms with Crippen LogP contribution in [-0.2, 0) is 0 Å². The second-order valence-corrected chi connectivity index (χ2v) is 4.85. The number of hydrogen-bond acceptors (Lipinski definition) is 4. The molecule has 2 saturated heterocycles. The highest BCUT2D eigenvalue weighted by Gasteiger charge is 2.34. The molecular weight excluding hydrogens is 190 g/mol. The fraction of sp³-hybridized carbons (Fsp3) is 1.00. The lowest BCUT2D eigenvalue weighted by atomic mass is 9.91. The summed E-state index contributed by atoms with van der Waals surface area (Å²) in [4.78, 5) is 2.42. The van der Waals surface area contributed by atoms with E-state index in [-0.39, 0.29) is 0 Å². The first-order valence-electron chi connectivity index (χ1n) is 6.11. The van der Waals surface area contributed by atoms with E-state index in [0.29, 0.717) is 6.04 Å². The summed E-state index contributed by atoms with van der Waals surface area (Å²) >= 11 is 0. The third kappa shape index (κ3) is 2.69. The van der Waals surface area contributed by atoms with Crippen molar-refractivity contribution in [2.24, 2.45) is 0 Å². The molecule has 2 aliphatic heterocycles. The monoisotopic (exact) mass is 213 g/mol. The molecule has 4 heteroatoms. The van der Waals surface area contributed by atoms with E-state index in [1.54, 1.807) is 0 Å². The molecule has 0 saturated carbocycles. The Labute approximate surface area is 92.0 Å². The number of nitrogens with one attached hydrogen (secondary N) is 2. The van der Waals surface area contributed by atoms with Crippen molar-refractivity contribution in [1.29, 1.82) is 0 Å². The maximum Gasteiger partial charge on any atom is 0.0798 e. The van der Waals surface area contributed by atoms with Gasteiger partial charge >= 0.3 is 0 Å². The Bertz CT molecular complexity index is 200. The smallest absolute Gasteiger partial charge is 0.0798 e. The lowest BCUT2D eigenvalue weighted by Crippen LogP contribution is -2.61. The molecule has 15 heavy (non-hydrogen) atoms. The minimum Gasteiger partial charge on any atom is -0.388 e. The lowest BCUT2D eigenvalue weighted by molar-refractivity contribution is -0.0350. The standard InChI is InChI=1S/C11H23N3O/c1-2-14(10-7-13-8-10)9-11(15)3-5-12-6-4-11/h10,12-13,15H,2-9H2,1H3. The number of aliphatic hydroxyl groups is 1. The van der Waals surface area contributed by atoms with Crippen molar-refractivity contribution < 1.29 is 5.11 Å². The zero-order valence-electron chi connectivity index (χ0n) is 9.63. The summed E-state index contributed by atoms with van der Waals surface area (Å²) in [6, 6.07) is 0.647. The minimum atomic E-state index is -0.448. The summed E-state index contributed by atoms with van der Waals surface area (Å²) in [6.45, 7) is 8.15. The van der Waals surface area contributed by atoms with Gasteiger partial charge in [0.2, 0.25) is 0 Å². The molecule has 0 amide bonds. The SMILES string of the molecule is CCN(CC1(O)CCNCC1)C1CNC1. The van der Waals surface area contributed by atoms with Crippen molar-refractivity contribution in [2.75, 3.05) is 39.3 Å². The number of piperidine rings is 1. The van der Waals surface area contributed by atoms with Crippen molar-refractivity contribution in [3.05, 3.63) is 0 Å². The van der Waals surface area contributed by atoms with E-state index in [0.717, 1.165) is 52.1 Å². The molecule has 2 heterocycles. The van der Waals surface area contributed by atoms with E-state index in [4.69, 9.17) is 0 Å². The zero-order valence-corrected chi connectivity index (χ0v) is 9.63. The van der Waals surface area contributed by atoms with Gasteiger partial charge in [0.25, 0.3) is 0 Å². The average Bonchev–Trinajstić information content (AvgIpc) is 2.15. The molecule has 0 radical (unpaired) electrons. The minimum absolute atomic E-state index is 0.448. The number of rotatable bonds is 4. The number of likely N-dealkylation sites (N-methyl/N-ethyl adjacent to an activating group) is 1. The van der Waals surface area contributed by atoms with Crippen LogP contribution in [0.1, 0.15) is 19.8 Å². The number of nitrogens with zero attached hydrogens (tertiary/aromatic N) is 1. The van der Waals surface area contributed by atoms with Crippen LogP contribution in [0, 0.1) is 0 Å². The van der Waals surface area contributed by atoms with Crippen LogP contribution in [-0.4, -0.2) is 60.9 Å². The topological polar surface area (TPSA) is 47.5 Å². The van der Waals surface area contributed by atoms with Crippen LogP contribution in [0.5, 0.6) is 0 Å². The average molecular weight is 213 g/mol. The summed E-state index contributed by atoms with van der Waals surface area (Å²) < 4.78 is 0. The molecule has 2 aliphatic rings. The first-order chi connectivity index (χ1) is 7.23. The van der Waals surface area contributed by atoms with Gasteiger partial charge in [0.05, 0.1) is 5.60 Å². The second kappa shape index (κ2) is 4.78. The Balaban J connectivity index is 1.86. The Kier molecular flexibility index (Phi) is 3.61. The lowest BCUT2D eigenvalue weighted by Gasteiger charge is -2.43. The second-order valence-electron chi connectivity index (χ2n) is 4.85. The first kappa shape index (κ1) is 11.3. The zero-order chi connectivity index (χ0) is 10.7. The van der Waals surface area contributed by atoms with Crippen LogP contribution in [0.3, 0.4) is 0 Å². The van der Waals surface area contributed by atoms with Gasteiger partial charge in [-0.3, -0.25) is 4.90 Å². The largest absolute Gasteiger partial charge is 0.388 e. The summed E-state index contributed by atoms with van der Waals surface area (Å²) in [6.07, 6.45) is 1.79. The third-order valence-corrected chi connectivity index (χ3v) is 3.71. The molecule has 88 valence electrons. The third-order valence-electron chi connectivity index (χ3n) is 3.71. The van der Waals surface area contributed by atoms with Crippen LogP contribution in [0.25, 0.3) is 0 Å². The highest BCUT2D eigenvalue weighted by atomic mass is 16.3. The maximum absolute atomic E-state index is 10.4. The van der Waals surface area contributed by atoms with E-state index in [2.05, 4.69) is 22.5 Å². The van der Waals surface area contributed by atoms with E-state index >= 15 is 0 Å². The molecule has 0 aliphatic carbocycles. The van der Waals surface area contributed by atoms with Crippen molar-refractivity contribution in [3.63, 3.8) is 0 Å². The van der Waals surface area contributed by atoms with Gasteiger partial charge in [-0.2, -0.15) is 0 Å². The number of hydrogen-bond donors (Lipinski definition) is 3. The van der Waals surface area contributed by atoms with Gasteiger partial charge in [0.15, 0.2) is 0 Å². The predicted octanol–water partition coefficient (Wildman–Crippen LogP) is -0.605. The quantitative estimate of drug-likeness (QED) is 0.583. The maximum atomic E-state index is 10.4. The highest BCUT2D eigenvalue weighted by molar-refractivity contribution is 4.92. The fourth-order valence-electron chi connectivity index (χ4n) is 2.46. The molecule has 0 spiro atoms. The molecule has 4 nitrogen and oxygen atoms in total. The molecule has 3 N–H and O–H groups in total. The summed E-state index contributed by atoms with van der Waals surface area (Å²) in [5.41, 5.74) is -0.448. The molecule has 0 unspecified atom stereocenters. The van der Waals surface area contributed by atoms with Crippen LogP contribution in [0.2, 0.25) is 0 Å². The first-order valence-corrected chi connectivity index (χ1v) is 6.11. The summed E-state index contributed by atoms with van der Waals surface area (Å²) in [7, 11) is 0. The molecule has 0 aromatic carbocycles. The molecule has 0 aromatic rings. The Morgan fingerprint density at radius 3 is 2.40 bits per heavy atom. The molecule has 0 atom stereocenters. The van der Waals surface area contributed by atoms with Crippen molar-refractivity contribution >= 4 is 0 Å². The van der Waals surface area contributed by atoms with Crippen LogP contribution < -0.4 is 10.6 Å². The molecular formula is C11H23N3O. The van der Waals surface area contributed by atoms with Crippen molar-refractivity contribution in [3.8, 4) is 0 Å². The molecule has 0 bridgehead atoms. The van der Waals surface area contributed by atoms with Crippen LogP contribution in [0.4, 0.5) is 0 Å². The molecule has 2 rings (SSSR count). The van der Waals surface area contributed by atoms with Crippen molar-refractivity contribution in [2.45, 2.75) is 31.4 Å². The summed E-state index contributed by atoms with van der Waals surface area (Å²) in [5, 5.41) is 17.0. The van der Waals surface area contributed by atoms with Crippen molar-refractivity contribution in [1.82, 2.24) is 15.5 Å². The van der Waals surface area contributed by atoms with Gasteiger partial charge < -0.3 is 15.7 Å². The van der Waals surface area contributed by atoms with E-state index in [1.807, 2.05) is 0 Å². The summed E-state index contributed by atoms with van der Waals surface area (Å²) in [5.74, 6) is 0. The van der Waals surface area contributed by atoms with E-state index in [1.165, 1.54) is 0 Å². The van der Waals surface area contributed by atoms with E-state index in [9.17, 15) is 5.11 Å². The van der Waals surface area contributed by atoms with Gasteiger partial charge in [0, 0.05) is 25.7 Å². The van der Waals surface area contributed by atoms with Gasteiger partial charge in [-0.15, -0.1) is 0 Å². The Hall–Kier alpha value is -0.160. The molecule has 2 fully saturated rings. The fourth-order valence-corrected chi connectivity index (χ4v) is 2.46. The highest BCUT2D eigenvalue weighted by Crippen LogP contribution is 2.21.